The summed E-state index contributed by atoms with van der Waals surface area (Å²) in [6.45, 7) is 2.51. The lowest BCUT2D eigenvalue weighted by atomic mass is 9.97. The average Bonchev–Trinajstić information content (AvgIpc) is 2.53. The fraction of sp³-hybridized carbons (Fsp3) is 0.471. The number of piperidine rings is 1. The zero-order valence-electron chi connectivity index (χ0n) is 14.0. The summed E-state index contributed by atoms with van der Waals surface area (Å²) in [6.07, 6.45) is 1.38. The number of carboxylic acid groups (broad SMARTS) is 1. The standard InChI is InChI=1S/C17H23N3O4/c1-12-5-3-7-14(9-12)18-17(24)20-8-4-6-13(10-20)16(23)19(2)11-15(21)22/h3,5,7,9,13H,4,6,8,10-11H2,1-2H3,(H,18,24)(H,21,22). The maximum Gasteiger partial charge on any atom is 0.323 e. The van der Waals surface area contributed by atoms with Crippen molar-refractivity contribution in [2.75, 3.05) is 32.0 Å². The Kier molecular flexibility index (Phi) is 5.78. The zero-order chi connectivity index (χ0) is 17.7. The number of carbonyl (C=O) groups is 3. The van der Waals surface area contributed by atoms with E-state index in [2.05, 4.69) is 5.32 Å². The fourth-order valence-corrected chi connectivity index (χ4v) is 2.88. The number of hydrogen-bond acceptors (Lipinski definition) is 3. The lowest BCUT2D eigenvalue weighted by Crippen LogP contribution is -2.47. The molecule has 1 aliphatic rings. The average molecular weight is 333 g/mol. The molecule has 24 heavy (non-hydrogen) atoms. The van der Waals surface area contributed by atoms with E-state index in [1.54, 1.807) is 4.90 Å². The van der Waals surface area contributed by atoms with Gasteiger partial charge in [-0.15, -0.1) is 0 Å². The highest BCUT2D eigenvalue weighted by Gasteiger charge is 2.30. The summed E-state index contributed by atoms with van der Waals surface area (Å²) in [6, 6.07) is 7.28. The molecule has 130 valence electrons. The fourth-order valence-electron chi connectivity index (χ4n) is 2.88. The van der Waals surface area contributed by atoms with Crippen molar-refractivity contribution in [2.24, 2.45) is 5.92 Å². The van der Waals surface area contributed by atoms with Crippen molar-refractivity contribution in [1.29, 1.82) is 0 Å². The number of hydrogen-bond donors (Lipinski definition) is 2. The van der Waals surface area contributed by atoms with E-state index in [1.807, 2.05) is 31.2 Å². The number of nitrogens with zero attached hydrogens (tertiary/aromatic N) is 2. The molecule has 7 nitrogen and oxygen atoms in total. The molecule has 1 aromatic carbocycles. The van der Waals surface area contributed by atoms with Crippen LogP contribution in [0.1, 0.15) is 18.4 Å². The van der Waals surface area contributed by atoms with Crippen LogP contribution in [0.3, 0.4) is 0 Å². The minimum absolute atomic E-state index is 0.231. The van der Waals surface area contributed by atoms with Crippen molar-refractivity contribution in [3.8, 4) is 0 Å². The maximum absolute atomic E-state index is 12.4. The van der Waals surface area contributed by atoms with Crippen LogP contribution in [0.5, 0.6) is 0 Å². The van der Waals surface area contributed by atoms with Crippen molar-refractivity contribution in [2.45, 2.75) is 19.8 Å². The molecule has 7 heteroatoms. The third-order valence-electron chi connectivity index (χ3n) is 4.08. The molecule has 1 atom stereocenters. The molecule has 0 aromatic heterocycles. The molecule has 1 saturated heterocycles. The first kappa shape index (κ1) is 17.8. The van der Waals surface area contributed by atoms with Gasteiger partial charge < -0.3 is 20.2 Å². The number of amides is 3. The van der Waals surface area contributed by atoms with E-state index in [9.17, 15) is 14.4 Å². The molecule has 1 aromatic rings. The summed E-state index contributed by atoms with van der Waals surface area (Å²) in [5.41, 5.74) is 1.77. The Bertz CT molecular complexity index is 632. The van der Waals surface area contributed by atoms with Gasteiger partial charge in [-0.1, -0.05) is 12.1 Å². The Morgan fingerprint density at radius 3 is 2.79 bits per heavy atom. The quantitative estimate of drug-likeness (QED) is 0.879. The van der Waals surface area contributed by atoms with Crippen molar-refractivity contribution in [1.82, 2.24) is 9.80 Å². The SMILES string of the molecule is Cc1cccc(NC(=O)N2CCCC(C(=O)N(C)CC(=O)O)C2)c1. The topological polar surface area (TPSA) is 90.0 Å². The van der Waals surface area contributed by atoms with E-state index in [-0.39, 0.29) is 24.4 Å². The first-order chi connectivity index (χ1) is 11.4. The van der Waals surface area contributed by atoms with Crippen molar-refractivity contribution in [3.63, 3.8) is 0 Å². The van der Waals surface area contributed by atoms with Gasteiger partial charge in [0.2, 0.25) is 5.91 Å². The molecule has 1 aliphatic heterocycles. The van der Waals surface area contributed by atoms with Crippen molar-refractivity contribution in [3.05, 3.63) is 29.8 Å². The van der Waals surface area contributed by atoms with Gasteiger partial charge in [0.15, 0.2) is 0 Å². The number of carboxylic acids is 1. The maximum atomic E-state index is 12.4. The van der Waals surface area contributed by atoms with Crippen LogP contribution >= 0.6 is 0 Å². The molecule has 3 amide bonds. The molecule has 0 radical (unpaired) electrons. The summed E-state index contributed by atoms with van der Waals surface area (Å²) in [4.78, 5) is 38.2. The summed E-state index contributed by atoms with van der Waals surface area (Å²) >= 11 is 0. The number of benzene rings is 1. The normalized spacial score (nSPS) is 17.2. The Hall–Kier alpha value is -2.57. The summed E-state index contributed by atoms with van der Waals surface area (Å²) in [7, 11) is 1.47. The van der Waals surface area contributed by atoms with E-state index in [1.165, 1.54) is 11.9 Å². The van der Waals surface area contributed by atoms with Crippen molar-refractivity contribution >= 4 is 23.6 Å². The predicted octanol–water partition coefficient (Wildman–Crippen LogP) is 1.78. The van der Waals surface area contributed by atoms with Gasteiger partial charge in [-0.25, -0.2) is 4.79 Å². The Labute approximate surface area is 141 Å². The van der Waals surface area contributed by atoms with E-state index in [0.717, 1.165) is 17.7 Å². The molecule has 0 bridgehead atoms. The molecule has 1 fully saturated rings. The highest BCUT2D eigenvalue weighted by atomic mass is 16.4. The van der Waals surface area contributed by atoms with Crippen LogP contribution in [0, 0.1) is 12.8 Å². The predicted molar refractivity (Wildman–Crippen MR) is 89.8 cm³/mol. The first-order valence-corrected chi connectivity index (χ1v) is 7.96. The molecule has 0 aliphatic carbocycles. The van der Waals surface area contributed by atoms with Crippen LogP contribution in [0.15, 0.2) is 24.3 Å². The van der Waals surface area contributed by atoms with Crippen LogP contribution < -0.4 is 5.32 Å². The molecule has 2 rings (SSSR count). The van der Waals surface area contributed by atoms with Crippen LogP contribution in [0.4, 0.5) is 10.5 Å². The molecule has 1 heterocycles. The number of likely N-dealkylation sites (tertiary alicyclic amines) is 1. The molecular formula is C17H23N3O4. The third-order valence-corrected chi connectivity index (χ3v) is 4.08. The van der Waals surface area contributed by atoms with Gasteiger partial charge in [-0.05, 0) is 37.5 Å². The molecule has 0 spiro atoms. The van der Waals surface area contributed by atoms with Gasteiger partial charge in [0.1, 0.15) is 6.54 Å². The van der Waals surface area contributed by atoms with E-state index in [0.29, 0.717) is 19.5 Å². The molecule has 0 saturated carbocycles. The largest absolute Gasteiger partial charge is 0.480 e. The highest BCUT2D eigenvalue weighted by Crippen LogP contribution is 2.20. The number of anilines is 1. The lowest BCUT2D eigenvalue weighted by Gasteiger charge is -2.33. The van der Waals surface area contributed by atoms with Crippen LogP contribution in [0.25, 0.3) is 0 Å². The second-order valence-electron chi connectivity index (χ2n) is 6.17. The van der Waals surface area contributed by atoms with Crippen LogP contribution in [0.2, 0.25) is 0 Å². The lowest BCUT2D eigenvalue weighted by molar-refractivity contribution is -0.145. The number of aliphatic carboxylic acids is 1. The van der Waals surface area contributed by atoms with Crippen molar-refractivity contribution < 1.29 is 19.5 Å². The Morgan fingerprint density at radius 2 is 2.12 bits per heavy atom. The van der Waals surface area contributed by atoms with Gasteiger partial charge >= 0.3 is 12.0 Å². The summed E-state index contributed by atoms with van der Waals surface area (Å²) in [5, 5.41) is 11.6. The second-order valence-corrected chi connectivity index (χ2v) is 6.17. The first-order valence-electron chi connectivity index (χ1n) is 7.96. The van der Waals surface area contributed by atoms with Crippen LogP contribution in [-0.4, -0.2) is 59.5 Å². The third kappa shape index (κ3) is 4.71. The number of carbonyl (C=O) groups excluding carboxylic acids is 2. The van der Waals surface area contributed by atoms with E-state index >= 15 is 0 Å². The zero-order valence-corrected chi connectivity index (χ0v) is 14.0. The number of urea groups is 1. The minimum atomic E-state index is -1.05. The number of rotatable bonds is 4. The van der Waals surface area contributed by atoms with E-state index in [4.69, 9.17) is 5.11 Å². The summed E-state index contributed by atoms with van der Waals surface area (Å²) < 4.78 is 0. The number of aryl methyl sites for hydroxylation is 1. The van der Waals surface area contributed by atoms with Gasteiger partial charge in [0.25, 0.3) is 0 Å². The van der Waals surface area contributed by atoms with Gasteiger partial charge in [-0.2, -0.15) is 0 Å². The summed E-state index contributed by atoms with van der Waals surface area (Å²) in [5.74, 6) is -1.63. The number of nitrogens with one attached hydrogen (secondary N) is 1. The molecule has 2 N–H and O–H groups in total. The van der Waals surface area contributed by atoms with Gasteiger partial charge in [0, 0.05) is 25.8 Å². The van der Waals surface area contributed by atoms with Crippen LogP contribution in [-0.2, 0) is 9.59 Å². The highest BCUT2D eigenvalue weighted by molar-refractivity contribution is 5.90. The molecule has 1 unspecified atom stereocenters. The molecular weight excluding hydrogens is 310 g/mol. The van der Waals surface area contributed by atoms with Gasteiger partial charge in [0.05, 0.1) is 5.92 Å². The van der Waals surface area contributed by atoms with E-state index < -0.39 is 5.97 Å². The Balaban J connectivity index is 1.95. The Morgan fingerprint density at radius 1 is 1.38 bits per heavy atom. The monoisotopic (exact) mass is 333 g/mol. The minimum Gasteiger partial charge on any atom is -0.480 e. The number of likely N-dealkylation sites (N-methyl/N-ethyl adjacent to an activating group) is 1. The second kappa shape index (κ2) is 7.81. The smallest absolute Gasteiger partial charge is 0.323 e. The van der Waals surface area contributed by atoms with Gasteiger partial charge in [-0.3, -0.25) is 9.59 Å².